The number of methoxy groups -OCH3 is 1. The molecular weight excluding hydrogens is 459 g/mol. The number of hydrogen-bond donors (Lipinski definition) is 1. The van der Waals surface area contributed by atoms with E-state index in [-0.39, 0.29) is 11.6 Å². The molecule has 3 aromatic heterocycles. The van der Waals surface area contributed by atoms with Crippen LogP contribution in [0.1, 0.15) is 24.2 Å². The molecule has 0 radical (unpaired) electrons. The van der Waals surface area contributed by atoms with E-state index < -0.39 is 5.82 Å². The average molecular weight is 485 g/mol. The monoisotopic (exact) mass is 484 g/mol. The van der Waals surface area contributed by atoms with E-state index in [0.29, 0.717) is 39.9 Å². The van der Waals surface area contributed by atoms with Crippen molar-refractivity contribution in [3.05, 3.63) is 78.3 Å². The van der Waals surface area contributed by atoms with Crippen molar-refractivity contribution < 1.29 is 18.6 Å². The van der Waals surface area contributed by atoms with Crippen molar-refractivity contribution in [3.8, 4) is 23.1 Å². The van der Waals surface area contributed by atoms with Crippen LogP contribution in [0.25, 0.3) is 27.4 Å². The smallest absolute Gasteiger partial charge is 0.230 e. The zero-order valence-corrected chi connectivity index (χ0v) is 20.0. The summed E-state index contributed by atoms with van der Waals surface area (Å²) in [6.45, 7) is 3.35. The molecule has 2 aromatic carbocycles. The van der Waals surface area contributed by atoms with Gasteiger partial charge in [0.1, 0.15) is 6.33 Å². The molecule has 1 N–H and O–H groups in total. The molecular formula is C28H25FN4O3. The van der Waals surface area contributed by atoms with E-state index in [1.165, 1.54) is 17.6 Å². The van der Waals surface area contributed by atoms with Gasteiger partial charge in [0.05, 0.1) is 24.6 Å². The van der Waals surface area contributed by atoms with Gasteiger partial charge >= 0.3 is 0 Å². The topological polar surface area (TPSA) is 74.2 Å². The van der Waals surface area contributed by atoms with E-state index in [2.05, 4.69) is 43.9 Å². The molecule has 0 unspecified atom stereocenters. The van der Waals surface area contributed by atoms with Crippen LogP contribution < -0.4 is 14.2 Å². The first-order chi connectivity index (χ1) is 17.6. The van der Waals surface area contributed by atoms with Gasteiger partial charge in [-0.05, 0) is 61.7 Å². The lowest BCUT2D eigenvalue weighted by atomic mass is 10.1. The number of fused-ring (bicyclic) bond motifs is 3. The molecule has 5 aromatic rings. The van der Waals surface area contributed by atoms with E-state index in [1.807, 2.05) is 6.92 Å². The standard InChI is InChI=1S/C28H25FN4O3/c1-17-13-19-21(32-17)7-8-24(27(19)29)36-28-20-14-25(34-2)26(15-22(20)30-16-31-28)35-12-4-5-18-9-11-33-10-3-6-23(18)33/h3,6-10,13-16,32H,4-5,11-12H2,1-2H3. The zero-order chi connectivity index (χ0) is 24.6. The van der Waals surface area contributed by atoms with E-state index >= 15 is 4.39 Å². The lowest BCUT2D eigenvalue weighted by Gasteiger charge is -2.14. The van der Waals surface area contributed by atoms with Gasteiger partial charge in [0, 0.05) is 41.1 Å². The van der Waals surface area contributed by atoms with Gasteiger partial charge in [-0.15, -0.1) is 0 Å². The van der Waals surface area contributed by atoms with Crippen LogP contribution in [0.2, 0.25) is 0 Å². The number of hydrogen-bond acceptors (Lipinski definition) is 5. The fourth-order valence-corrected chi connectivity index (χ4v) is 4.72. The molecule has 0 saturated heterocycles. The maximum atomic E-state index is 15.1. The number of aromatic amines is 1. The minimum absolute atomic E-state index is 0.0909. The summed E-state index contributed by atoms with van der Waals surface area (Å²) in [6, 6.07) is 12.9. The Morgan fingerprint density at radius 1 is 1.06 bits per heavy atom. The third kappa shape index (κ3) is 3.94. The van der Waals surface area contributed by atoms with Crippen molar-refractivity contribution in [2.75, 3.05) is 13.7 Å². The van der Waals surface area contributed by atoms with Crippen LogP contribution in [0, 0.1) is 12.7 Å². The second-order valence-electron chi connectivity index (χ2n) is 8.82. The molecule has 4 heterocycles. The summed E-state index contributed by atoms with van der Waals surface area (Å²) in [7, 11) is 1.58. The van der Waals surface area contributed by atoms with Gasteiger partial charge in [0.25, 0.3) is 0 Å². The molecule has 6 rings (SSSR count). The summed E-state index contributed by atoms with van der Waals surface area (Å²) in [6.07, 6.45) is 7.57. The third-order valence-corrected chi connectivity index (χ3v) is 6.47. The summed E-state index contributed by atoms with van der Waals surface area (Å²) in [5.41, 5.74) is 4.84. The largest absolute Gasteiger partial charge is 0.493 e. The predicted octanol–water partition coefficient (Wildman–Crippen LogP) is 6.42. The molecule has 0 aliphatic carbocycles. The maximum absolute atomic E-state index is 15.1. The predicted molar refractivity (Wildman–Crippen MR) is 136 cm³/mol. The van der Waals surface area contributed by atoms with Crippen LogP contribution >= 0.6 is 0 Å². The Hall–Kier alpha value is -4.33. The number of nitrogens with zero attached hydrogens (tertiary/aromatic N) is 3. The summed E-state index contributed by atoms with van der Waals surface area (Å²) in [5.74, 6) is 1.02. The van der Waals surface area contributed by atoms with Crippen LogP contribution in [0.3, 0.4) is 0 Å². The molecule has 0 spiro atoms. The minimum Gasteiger partial charge on any atom is -0.493 e. The number of halogens is 1. The third-order valence-electron chi connectivity index (χ3n) is 6.47. The molecule has 0 saturated carbocycles. The number of nitrogens with one attached hydrogen (secondary N) is 1. The molecule has 0 fully saturated rings. The first-order valence-corrected chi connectivity index (χ1v) is 11.9. The van der Waals surface area contributed by atoms with Gasteiger partial charge in [0.15, 0.2) is 23.1 Å². The average Bonchev–Trinajstić information content (AvgIpc) is 3.60. The highest BCUT2D eigenvalue weighted by atomic mass is 19.1. The Morgan fingerprint density at radius 2 is 1.97 bits per heavy atom. The number of ether oxygens (including phenoxy) is 3. The Morgan fingerprint density at radius 3 is 2.86 bits per heavy atom. The zero-order valence-electron chi connectivity index (χ0n) is 20.0. The number of allylic oxidation sites excluding steroid dienone is 2. The first-order valence-electron chi connectivity index (χ1n) is 11.9. The second-order valence-corrected chi connectivity index (χ2v) is 8.82. The fraction of sp³-hybridized carbons (Fsp3) is 0.214. The van der Waals surface area contributed by atoms with Crippen molar-refractivity contribution >= 4 is 27.4 Å². The summed E-state index contributed by atoms with van der Waals surface area (Å²) in [5, 5.41) is 1.07. The lowest BCUT2D eigenvalue weighted by Crippen LogP contribution is -2.01. The highest BCUT2D eigenvalue weighted by molar-refractivity contribution is 5.87. The molecule has 8 heteroatoms. The summed E-state index contributed by atoms with van der Waals surface area (Å²) >= 11 is 0. The molecule has 36 heavy (non-hydrogen) atoms. The van der Waals surface area contributed by atoms with E-state index in [9.17, 15) is 0 Å². The van der Waals surface area contributed by atoms with Gasteiger partial charge in [-0.1, -0.05) is 6.08 Å². The number of aryl methyl sites for hydroxylation is 1. The highest BCUT2D eigenvalue weighted by Gasteiger charge is 2.17. The molecule has 0 amide bonds. The number of aromatic nitrogens is 4. The SMILES string of the molecule is COc1cc2c(Oc3ccc4[nH]c(C)cc4c3F)ncnc2cc1OCCCC1=CCn2cccc21. The fourth-order valence-electron chi connectivity index (χ4n) is 4.72. The second kappa shape index (κ2) is 9.03. The Balaban J connectivity index is 1.21. The molecule has 1 aliphatic rings. The van der Waals surface area contributed by atoms with Crippen molar-refractivity contribution in [1.82, 2.24) is 19.5 Å². The van der Waals surface area contributed by atoms with Gasteiger partial charge in [-0.25, -0.2) is 14.4 Å². The molecule has 7 nitrogen and oxygen atoms in total. The normalized spacial score (nSPS) is 12.7. The first kappa shape index (κ1) is 22.2. The maximum Gasteiger partial charge on any atom is 0.230 e. The van der Waals surface area contributed by atoms with Crippen LogP contribution in [0.4, 0.5) is 4.39 Å². The lowest BCUT2D eigenvalue weighted by molar-refractivity contribution is 0.291. The van der Waals surface area contributed by atoms with Gasteiger partial charge in [0.2, 0.25) is 5.88 Å². The number of benzene rings is 2. The number of H-pyrrole nitrogens is 1. The van der Waals surface area contributed by atoms with Crippen LogP contribution in [0.15, 0.2) is 61.1 Å². The molecule has 182 valence electrons. The van der Waals surface area contributed by atoms with Crippen LogP contribution in [-0.4, -0.2) is 33.2 Å². The quantitative estimate of drug-likeness (QED) is 0.257. The van der Waals surface area contributed by atoms with Crippen LogP contribution in [0.5, 0.6) is 23.1 Å². The van der Waals surface area contributed by atoms with Crippen LogP contribution in [-0.2, 0) is 6.54 Å². The number of rotatable bonds is 8. The Kier molecular flexibility index (Phi) is 5.56. The summed E-state index contributed by atoms with van der Waals surface area (Å²) < 4.78 is 34.9. The minimum atomic E-state index is -0.444. The molecule has 1 aliphatic heterocycles. The van der Waals surface area contributed by atoms with Gasteiger partial charge < -0.3 is 23.8 Å². The Labute approximate surface area is 207 Å². The summed E-state index contributed by atoms with van der Waals surface area (Å²) in [4.78, 5) is 11.7. The van der Waals surface area contributed by atoms with E-state index in [4.69, 9.17) is 14.2 Å². The van der Waals surface area contributed by atoms with E-state index in [1.54, 1.807) is 37.4 Å². The molecule has 0 atom stereocenters. The van der Waals surface area contributed by atoms with Crippen molar-refractivity contribution in [2.24, 2.45) is 0 Å². The van der Waals surface area contributed by atoms with Gasteiger partial charge in [-0.2, -0.15) is 0 Å². The van der Waals surface area contributed by atoms with Crippen molar-refractivity contribution in [2.45, 2.75) is 26.3 Å². The van der Waals surface area contributed by atoms with Crippen molar-refractivity contribution in [3.63, 3.8) is 0 Å². The Bertz CT molecular complexity index is 1620. The highest BCUT2D eigenvalue weighted by Crippen LogP contribution is 2.37. The molecule has 0 bridgehead atoms. The van der Waals surface area contributed by atoms with Gasteiger partial charge in [-0.3, -0.25) is 0 Å². The van der Waals surface area contributed by atoms with Crippen molar-refractivity contribution in [1.29, 1.82) is 0 Å². The van der Waals surface area contributed by atoms with E-state index in [0.717, 1.165) is 25.1 Å².